The number of hydrogen-bond acceptors (Lipinski definition) is 6. The van der Waals surface area contributed by atoms with E-state index in [1.54, 1.807) is 11.8 Å². The van der Waals surface area contributed by atoms with Crippen LogP contribution in [-0.2, 0) is 9.53 Å². The zero-order chi connectivity index (χ0) is 21.3. The molecule has 0 aromatic heterocycles. The molecule has 0 bridgehead atoms. The number of anilines is 2. The molecule has 0 saturated carbocycles. The van der Waals surface area contributed by atoms with Crippen molar-refractivity contribution in [1.82, 2.24) is 0 Å². The average molecular weight is 441 g/mol. The first-order valence-corrected chi connectivity index (χ1v) is 9.95. The molecule has 0 N–H and O–H groups in total. The third-order valence-electron chi connectivity index (χ3n) is 4.39. The molecular formula is C21H13ClN2O5S. The minimum atomic E-state index is -0.851. The van der Waals surface area contributed by atoms with Gasteiger partial charge in [0.2, 0.25) is 0 Å². The molecule has 0 spiro atoms. The molecule has 0 atom stereocenters. The van der Waals surface area contributed by atoms with E-state index >= 15 is 0 Å². The van der Waals surface area contributed by atoms with Crippen LogP contribution in [0.3, 0.4) is 0 Å². The van der Waals surface area contributed by atoms with Crippen LogP contribution >= 0.6 is 23.4 Å². The summed E-state index contributed by atoms with van der Waals surface area (Å²) in [5.41, 5.74) is 0.927. The van der Waals surface area contributed by atoms with E-state index in [1.807, 2.05) is 48.5 Å². The molecule has 9 heteroatoms. The second-order valence-corrected chi connectivity index (χ2v) is 7.76. The quantitative estimate of drug-likeness (QED) is 0.313. The SMILES string of the molecule is O=C(OCC(=O)N1c2ccccc2Sc2ccccc21)c1ccc(Cl)c([N+](=O)[O-])c1. The summed E-state index contributed by atoms with van der Waals surface area (Å²) < 4.78 is 5.15. The molecule has 30 heavy (non-hydrogen) atoms. The maximum absolute atomic E-state index is 13.0. The van der Waals surface area contributed by atoms with E-state index < -0.39 is 29.1 Å². The lowest BCUT2D eigenvalue weighted by atomic mass is 10.2. The van der Waals surface area contributed by atoms with E-state index in [0.29, 0.717) is 11.4 Å². The van der Waals surface area contributed by atoms with Crippen LogP contribution in [-0.4, -0.2) is 23.4 Å². The zero-order valence-corrected chi connectivity index (χ0v) is 16.9. The number of esters is 1. The number of nitrogens with zero attached hydrogens (tertiary/aromatic N) is 2. The molecule has 0 aliphatic carbocycles. The highest BCUT2D eigenvalue weighted by atomic mass is 35.5. The lowest BCUT2D eigenvalue weighted by molar-refractivity contribution is -0.384. The van der Waals surface area contributed by atoms with Gasteiger partial charge in [-0.2, -0.15) is 0 Å². The average Bonchev–Trinajstić information content (AvgIpc) is 2.75. The summed E-state index contributed by atoms with van der Waals surface area (Å²) in [4.78, 5) is 39.0. The molecular weight excluding hydrogens is 428 g/mol. The molecule has 7 nitrogen and oxygen atoms in total. The van der Waals surface area contributed by atoms with Crippen molar-refractivity contribution < 1.29 is 19.2 Å². The Kier molecular flexibility index (Phi) is 5.43. The predicted molar refractivity (Wildman–Crippen MR) is 113 cm³/mol. The fraction of sp³-hybridized carbons (Fsp3) is 0.0476. The molecule has 1 heterocycles. The molecule has 0 saturated heterocycles. The van der Waals surface area contributed by atoms with Gasteiger partial charge in [-0.15, -0.1) is 0 Å². The maximum atomic E-state index is 13.0. The fourth-order valence-corrected chi connectivity index (χ4v) is 4.27. The summed E-state index contributed by atoms with van der Waals surface area (Å²) in [5, 5.41) is 10.9. The monoisotopic (exact) mass is 440 g/mol. The number of rotatable bonds is 4. The van der Waals surface area contributed by atoms with Crippen molar-refractivity contribution in [2.24, 2.45) is 0 Å². The summed E-state index contributed by atoms with van der Waals surface area (Å²) >= 11 is 7.32. The van der Waals surface area contributed by atoms with E-state index in [-0.39, 0.29) is 10.6 Å². The molecule has 150 valence electrons. The number of carbonyl (C=O) groups excluding carboxylic acids is 2. The third-order valence-corrected chi connectivity index (χ3v) is 5.84. The first kappa shape index (κ1) is 19.9. The minimum Gasteiger partial charge on any atom is -0.452 e. The Hall–Kier alpha value is -3.36. The Labute approximate surface area is 180 Å². The number of nitro benzene ring substituents is 1. The van der Waals surface area contributed by atoms with Crippen LogP contribution in [0, 0.1) is 10.1 Å². The third kappa shape index (κ3) is 3.74. The van der Waals surface area contributed by atoms with Crippen molar-refractivity contribution in [3.05, 3.63) is 87.4 Å². The van der Waals surface area contributed by atoms with Crippen molar-refractivity contribution >= 4 is 52.3 Å². The van der Waals surface area contributed by atoms with Crippen molar-refractivity contribution in [2.75, 3.05) is 11.5 Å². The highest BCUT2D eigenvalue weighted by molar-refractivity contribution is 7.99. The normalized spacial score (nSPS) is 12.0. The first-order valence-electron chi connectivity index (χ1n) is 8.75. The second-order valence-electron chi connectivity index (χ2n) is 6.27. The molecule has 3 aromatic carbocycles. The first-order chi connectivity index (χ1) is 14.5. The number of benzene rings is 3. The van der Waals surface area contributed by atoms with Gasteiger partial charge >= 0.3 is 5.97 Å². The van der Waals surface area contributed by atoms with Gasteiger partial charge in [0.15, 0.2) is 6.61 Å². The lowest BCUT2D eigenvalue weighted by Gasteiger charge is -2.30. The molecule has 1 aliphatic rings. The standard InChI is InChI=1S/C21H13ClN2O5S/c22-14-10-9-13(11-17(14)24(27)28)21(26)29-12-20(25)23-15-5-1-3-7-18(15)30-19-8-4-2-6-16(19)23/h1-11H,12H2. The topological polar surface area (TPSA) is 89.8 Å². The number of para-hydroxylation sites is 2. The van der Waals surface area contributed by atoms with Crippen LogP contribution < -0.4 is 4.90 Å². The van der Waals surface area contributed by atoms with Gasteiger partial charge in [-0.25, -0.2) is 4.79 Å². The van der Waals surface area contributed by atoms with Crippen LogP contribution in [0.1, 0.15) is 10.4 Å². The largest absolute Gasteiger partial charge is 0.452 e. The van der Waals surface area contributed by atoms with Crippen LogP contribution in [0.15, 0.2) is 76.5 Å². The van der Waals surface area contributed by atoms with Crippen molar-refractivity contribution in [3.63, 3.8) is 0 Å². The van der Waals surface area contributed by atoms with Crippen LogP contribution in [0.4, 0.5) is 17.1 Å². The Morgan fingerprint density at radius 2 is 1.60 bits per heavy atom. The highest BCUT2D eigenvalue weighted by Crippen LogP contribution is 2.47. The smallest absolute Gasteiger partial charge is 0.338 e. The van der Waals surface area contributed by atoms with Gasteiger partial charge in [0.25, 0.3) is 11.6 Å². The molecule has 0 radical (unpaired) electrons. The number of amides is 1. The summed E-state index contributed by atoms with van der Waals surface area (Å²) in [5.74, 6) is -1.29. The fourth-order valence-electron chi connectivity index (χ4n) is 3.03. The Balaban J connectivity index is 1.56. The number of hydrogen-bond donors (Lipinski definition) is 0. The highest BCUT2D eigenvalue weighted by Gasteiger charge is 2.28. The predicted octanol–water partition coefficient (Wildman–Crippen LogP) is 5.23. The number of nitro groups is 1. The van der Waals surface area contributed by atoms with Crippen molar-refractivity contribution in [1.29, 1.82) is 0 Å². The van der Waals surface area contributed by atoms with E-state index in [0.717, 1.165) is 15.9 Å². The van der Waals surface area contributed by atoms with Gasteiger partial charge in [0.1, 0.15) is 5.02 Å². The molecule has 1 aliphatic heterocycles. The molecule has 1 amide bonds. The Morgan fingerprint density at radius 1 is 1.00 bits per heavy atom. The van der Waals surface area contributed by atoms with Crippen molar-refractivity contribution in [2.45, 2.75) is 9.79 Å². The van der Waals surface area contributed by atoms with E-state index in [2.05, 4.69) is 0 Å². The Bertz CT molecular complexity index is 1140. The van der Waals surface area contributed by atoms with E-state index in [9.17, 15) is 19.7 Å². The number of carbonyl (C=O) groups is 2. The molecule has 0 fully saturated rings. The number of fused-ring (bicyclic) bond motifs is 2. The van der Waals surface area contributed by atoms with Gasteiger partial charge in [0, 0.05) is 15.9 Å². The van der Waals surface area contributed by atoms with E-state index in [4.69, 9.17) is 16.3 Å². The molecule has 4 rings (SSSR count). The van der Waals surface area contributed by atoms with Gasteiger partial charge in [-0.05, 0) is 36.4 Å². The van der Waals surface area contributed by atoms with Crippen molar-refractivity contribution in [3.8, 4) is 0 Å². The van der Waals surface area contributed by atoms with Crippen LogP contribution in [0.25, 0.3) is 0 Å². The van der Waals surface area contributed by atoms with Crippen LogP contribution in [0.2, 0.25) is 5.02 Å². The Morgan fingerprint density at radius 3 is 2.20 bits per heavy atom. The number of ether oxygens (including phenoxy) is 1. The summed E-state index contributed by atoms with van der Waals surface area (Å²) in [6.07, 6.45) is 0. The zero-order valence-electron chi connectivity index (χ0n) is 15.3. The summed E-state index contributed by atoms with van der Waals surface area (Å²) in [7, 11) is 0. The summed E-state index contributed by atoms with van der Waals surface area (Å²) in [6, 6.07) is 18.5. The minimum absolute atomic E-state index is 0.0612. The van der Waals surface area contributed by atoms with Crippen LogP contribution in [0.5, 0.6) is 0 Å². The van der Waals surface area contributed by atoms with Gasteiger partial charge < -0.3 is 4.74 Å². The summed E-state index contributed by atoms with van der Waals surface area (Å²) in [6.45, 7) is -0.525. The van der Waals surface area contributed by atoms with Gasteiger partial charge in [-0.1, -0.05) is 47.6 Å². The molecule has 0 unspecified atom stereocenters. The number of halogens is 1. The maximum Gasteiger partial charge on any atom is 0.338 e. The van der Waals surface area contributed by atoms with E-state index in [1.165, 1.54) is 17.0 Å². The molecule has 3 aromatic rings. The second kappa shape index (κ2) is 8.17. The van der Waals surface area contributed by atoms with Gasteiger partial charge in [-0.3, -0.25) is 19.8 Å². The lowest BCUT2D eigenvalue weighted by Crippen LogP contribution is -2.32. The van der Waals surface area contributed by atoms with Gasteiger partial charge in [0.05, 0.1) is 21.9 Å².